The number of nitrogens with zero attached hydrogens (tertiary/aromatic N) is 2. The number of aromatic nitrogens is 2. The molecule has 1 heterocycles. The smallest absolute Gasteiger partial charge is 0.0951 e. The lowest BCUT2D eigenvalue weighted by Crippen LogP contribution is -2.23. The van der Waals surface area contributed by atoms with Gasteiger partial charge in [0.15, 0.2) is 0 Å². The first-order chi connectivity index (χ1) is 5.96. The van der Waals surface area contributed by atoms with Gasteiger partial charge in [0.25, 0.3) is 0 Å². The van der Waals surface area contributed by atoms with E-state index in [9.17, 15) is 0 Å². The number of nitrogens with two attached hydrogens (primary N) is 1. The summed E-state index contributed by atoms with van der Waals surface area (Å²) in [6.45, 7) is 9.31. The van der Waals surface area contributed by atoms with Crippen molar-refractivity contribution in [3.8, 4) is 0 Å². The lowest BCUT2D eigenvalue weighted by atomic mass is 9.92. The average molecular weight is 181 g/mol. The van der Waals surface area contributed by atoms with Gasteiger partial charge in [0.1, 0.15) is 0 Å². The Hall–Kier alpha value is -0.830. The minimum Gasteiger partial charge on any atom is -0.330 e. The molecule has 3 heteroatoms. The number of imidazole rings is 1. The fourth-order valence-corrected chi connectivity index (χ4v) is 1.35. The fourth-order valence-electron chi connectivity index (χ4n) is 1.35. The van der Waals surface area contributed by atoms with E-state index < -0.39 is 0 Å². The van der Waals surface area contributed by atoms with Crippen LogP contribution in [0, 0.1) is 0 Å². The largest absolute Gasteiger partial charge is 0.330 e. The van der Waals surface area contributed by atoms with Crippen LogP contribution in [0.3, 0.4) is 0 Å². The van der Waals surface area contributed by atoms with Crippen molar-refractivity contribution in [3.05, 3.63) is 18.2 Å². The Bertz CT molecular complexity index is 270. The monoisotopic (exact) mass is 181 g/mol. The minimum absolute atomic E-state index is 0.139. The molecule has 74 valence electrons. The number of hydrogen-bond donors (Lipinski definition) is 1. The van der Waals surface area contributed by atoms with Gasteiger partial charge in [0.2, 0.25) is 0 Å². The Morgan fingerprint density at radius 2 is 2.15 bits per heavy atom. The van der Waals surface area contributed by atoms with Crippen molar-refractivity contribution >= 4 is 0 Å². The zero-order valence-electron chi connectivity index (χ0n) is 8.91. The summed E-state index contributed by atoms with van der Waals surface area (Å²) in [4.78, 5) is 4.17. The zero-order chi connectivity index (χ0) is 10.1. The first-order valence-corrected chi connectivity index (χ1v) is 4.69. The van der Waals surface area contributed by atoms with E-state index in [0.29, 0.717) is 12.6 Å². The predicted octanol–water partition coefficient (Wildman–Crippen LogP) is 1.70. The molecular formula is C10H19N3. The van der Waals surface area contributed by atoms with Gasteiger partial charge in [0.05, 0.1) is 6.33 Å². The van der Waals surface area contributed by atoms with E-state index >= 15 is 0 Å². The van der Waals surface area contributed by atoms with Crippen molar-refractivity contribution in [3.63, 3.8) is 0 Å². The van der Waals surface area contributed by atoms with Crippen molar-refractivity contribution in [1.29, 1.82) is 0 Å². The molecule has 0 fully saturated rings. The molecule has 0 saturated carbocycles. The molecule has 1 aromatic heterocycles. The molecule has 13 heavy (non-hydrogen) atoms. The number of hydrogen-bond acceptors (Lipinski definition) is 2. The highest BCUT2D eigenvalue weighted by Gasteiger charge is 2.20. The van der Waals surface area contributed by atoms with E-state index in [2.05, 4.69) is 37.2 Å². The Morgan fingerprint density at radius 1 is 1.54 bits per heavy atom. The molecule has 0 aliphatic heterocycles. The minimum atomic E-state index is 0.139. The van der Waals surface area contributed by atoms with E-state index in [4.69, 9.17) is 5.73 Å². The van der Waals surface area contributed by atoms with E-state index in [0.717, 1.165) is 0 Å². The molecule has 0 saturated heterocycles. The van der Waals surface area contributed by atoms with Crippen LogP contribution in [-0.4, -0.2) is 16.1 Å². The van der Waals surface area contributed by atoms with Crippen LogP contribution in [0.25, 0.3) is 0 Å². The van der Waals surface area contributed by atoms with Crippen molar-refractivity contribution in [2.75, 3.05) is 6.54 Å². The predicted molar refractivity (Wildman–Crippen MR) is 54.7 cm³/mol. The summed E-state index contributed by atoms with van der Waals surface area (Å²) in [5.41, 5.74) is 7.01. The van der Waals surface area contributed by atoms with Gasteiger partial charge in [-0.3, -0.25) is 0 Å². The van der Waals surface area contributed by atoms with Crippen LogP contribution >= 0.6 is 0 Å². The normalized spacial score (nSPS) is 14.5. The highest BCUT2D eigenvalue weighted by atomic mass is 15.1. The summed E-state index contributed by atoms with van der Waals surface area (Å²) < 4.78 is 2.15. The Morgan fingerprint density at radius 3 is 2.62 bits per heavy atom. The van der Waals surface area contributed by atoms with Crippen molar-refractivity contribution in [1.82, 2.24) is 9.55 Å². The van der Waals surface area contributed by atoms with Gasteiger partial charge in [-0.1, -0.05) is 20.8 Å². The van der Waals surface area contributed by atoms with Crippen molar-refractivity contribution in [2.24, 2.45) is 5.73 Å². The molecule has 0 spiro atoms. The maximum absolute atomic E-state index is 5.63. The molecule has 0 aliphatic rings. The summed E-state index contributed by atoms with van der Waals surface area (Å²) in [5, 5.41) is 0. The summed E-state index contributed by atoms with van der Waals surface area (Å²) in [6.07, 6.45) is 3.78. The third-order valence-corrected chi connectivity index (χ3v) is 2.25. The maximum Gasteiger partial charge on any atom is 0.0951 e. The fraction of sp³-hybridized carbons (Fsp3) is 0.700. The van der Waals surface area contributed by atoms with Crippen LogP contribution in [-0.2, 0) is 5.41 Å². The van der Waals surface area contributed by atoms with E-state index in [1.807, 2.05) is 12.5 Å². The first-order valence-electron chi connectivity index (χ1n) is 4.69. The Labute approximate surface area is 80.0 Å². The SMILES string of the molecule is CC(CN)n1cncc1C(C)(C)C. The van der Waals surface area contributed by atoms with Crippen LogP contribution in [0.2, 0.25) is 0 Å². The highest BCUT2D eigenvalue weighted by Crippen LogP contribution is 2.23. The van der Waals surface area contributed by atoms with Gasteiger partial charge in [-0.2, -0.15) is 0 Å². The molecule has 0 amide bonds. The molecule has 0 radical (unpaired) electrons. The average Bonchev–Trinajstić information content (AvgIpc) is 2.49. The van der Waals surface area contributed by atoms with Gasteiger partial charge in [0, 0.05) is 29.9 Å². The molecule has 0 aliphatic carbocycles. The van der Waals surface area contributed by atoms with Crippen LogP contribution < -0.4 is 5.73 Å². The van der Waals surface area contributed by atoms with Crippen LogP contribution in [0.5, 0.6) is 0 Å². The van der Waals surface area contributed by atoms with Crippen molar-refractivity contribution in [2.45, 2.75) is 39.2 Å². The molecule has 1 aromatic rings. The van der Waals surface area contributed by atoms with Gasteiger partial charge in [-0.15, -0.1) is 0 Å². The molecule has 0 aromatic carbocycles. The lowest BCUT2D eigenvalue weighted by Gasteiger charge is -2.23. The molecular weight excluding hydrogens is 162 g/mol. The van der Waals surface area contributed by atoms with Gasteiger partial charge in [-0.05, 0) is 6.92 Å². The second-order valence-corrected chi connectivity index (χ2v) is 4.52. The molecule has 2 N–H and O–H groups in total. The third kappa shape index (κ3) is 2.10. The summed E-state index contributed by atoms with van der Waals surface area (Å²) in [6, 6.07) is 0.330. The van der Waals surface area contributed by atoms with E-state index in [-0.39, 0.29) is 5.41 Å². The Kier molecular flexibility index (Phi) is 2.76. The topological polar surface area (TPSA) is 43.8 Å². The standard InChI is InChI=1S/C10H19N3/c1-8(5-11)13-7-12-6-9(13)10(2,3)4/h6-8H,5,11H2,1-4H3. The van der Waals surface area contributed by atoms with Crippen LogP contribution in [0.15, 0.2) is 12.5 Å². The quantitative estimate of drug-likeness (QED) is 0.754. The van der Waals surface area contributed by atoms with Crippen LogP contribution in [0.4, 0.5) is 0 Å². The van der Waals surface area contributed by atoms with Gasteiger partial charge in [-0.25, -0.2) is 4.98 Å². The first kappa shape index (κ1) is 10.3. The summed E-state index contributed by atoms with van der Waals surface area (Å²) in [5.74, 6) is 0. The highest BCUT2D eigenvalue weighted by molar-refractivity contribution is 5.11. The van der Waals surface area contributed by atoms with Gasteiger partial charge >= 0.3 is 0 Å². The maximum atomic E-state index is 5.63. The Balaban J connectivity index is 3.03. The molecule has 0 bridgehead atoms. The summed E-state index contributed by atoms with van der Waals surface area (Å²) >= 11 is 0. The van der Waals surface area contributed by atoms with Crippen molar-refractivity contribution < 1.29 is 0 Å². The molecule has 3 nitrogen and oxygen atoms in total. The van der Waals surface area contributed by atoms with E-state index in [1.165, 1.54) is 5.69 Å². The van der Waals surface area contributed by atoms with E-state index in [1.54, 1.807) is 0 Å². The molecule has 1 rings (SSSR count). The number of rotatable bonds is 2. The second kappa shape index (κ2) is 3.50. The third-order valence-electron chi connectivity index (χ3n) is 2.25. The lowest BCUT2D eigenvalue weighted by molar-refractivity contribution is 0.469. The zero-order valence-corrected chi connectivity index (χ0v) is 8.91. The molecule has 1 unspecified atom stereocenters. The summed E-state index contributed by atoms with van der Waals surface area (Å²) in [7, 11) is 0. The van der Waals surface area contributed by atoms with Gasteiger partial charge < -0.3 is 10.3 Å². The second-order valence-electron chi connectivity index (χ2n) is 4.52. The van der Waals surface area contributed by atoms with Crippen LogP contribution in [0.1, 0.15) is 39.4 Å². The molecule has 1 atom stereocenters.